The fourth-order valence-corrected chi connectivity index (χ4v) is 2.32. The van der Waals surface area contributed by atoms with E-state index < -0.39 is 24.9 Å². The van der Waals surface area contributed by atoms with Crippen LogP contribution < -0.4 is 0 Å². The van der Waals surface area contributed by atoms with Gasteiger partial charge < -0.3 is 5.11 Å². The van der Waals surface area contributed by atoms with Gasteiger partial charge in [-0.05, 0) is 24.0 Å². The Kier molecular flexibility index (Phi) is 2.74. The van der Waals surface area contributed by atoms with E-state index in [-0.39, 0.29) is 0 Å². The molecule has 0 saturated carbocycles. The van der Waals surface area contributed by atoms with Crippen LogP contribution in [-0.4, -0.2) is 17.6 Å². The van der Waals surface area contributed by atoms with Crippen molar-refractivity contribution in [1.29, 1.82) is 0 Å². The highest BCUT2D eigenvalue weighted by Gasteiger charge is 2.42. The van der Waals surface area contributed by atoms with Gasteiger partial charge in [0.15, 0.2) is 0 Å². The average Bonchev–Trinajstić information content (AvgIpc) is 2.61. The third-order valence-electron chi connectivity index (χ3n) is 3.09. The summed E-state index contributed by atoms with van der Waals surface area (Å²) in [4.78, 5) is 0. The van der Waals surface area contributed by atoms with Gasteiger partial charge in [-0.3, -0.25) is 0 Å². The van der Waals surface area contributed by atoms with Crippen LogP contribution in [0.3, 0.4) is 0 Å². The SMILES string of the molecule is OCCC(F)(F)C1CCc2ccccc21. The van der Waals surface area contributed by atoms with Gasteiger partial charge in [0.1, 0.15) is 0 Å². The number of rotatable bonds is 3. The average molecular weight is 212 g/mol. The zero-order valence-electron chi connectivity index (χ0n) is 8.42. The highest BCUT2D eigenvalue weighted by molar-refractivity contribution is 5.36. The monoisotopic (exact) mass is 212 g/mol. The Labute approximate surface area is 87.7 Å². The van der Waals surface area contributed by atoms with E-state index in [1.807, 2.05) is 12.1 Å². The van der Waals surface area contributed by atoms with Crippen molar-refractivity contribution in [2.45, 2.75) is 31.1 Å². The molecule has 1 aliphatic carbocycles. The predicted octanol–water partition coefficient (Wildman–Crippen LogP) is 2.73. The Morgan fingerprint density at radius 2 is 2.07 bits per heavy atom. The molecule has 0 heterocycles. The van der Waals surface area contributed by atoms with Gasteiger partial charge in [0, 0.05) is 18.9 Å². The van der Waals surface area contributed by atoms with E-state index in [0.29, 0.717) is 6.42 Å². The minimum Gasteiger partial charge on any atom is -0.396 e. The Balaban J connectivity index is 2.27. The van der Waals surface area contributed by atoms with E-state index in [0.717, 1.165) is 17.5 Å². The second kappa shape index (κ2) is 3.89. The molecule has 1 nitrogen and oxygen atoms in total. The smallest absolute Gasteiger partial charge is 0.257 e. The molecule has 1 aromatic rings. The largest absolute Gasteiger partial charge is 0.396 e. The zero-order valence-corrected chi connectivity index (χ0v) is 8.42. The Morgan fingerprint density at radius 1 is 1.33 bits per heavy atom. The Morgan fingerprint density at radius 3 is 2.80 bits per heavy atom. The summed E-state index contributed by atoms with van der Waals surface area (Å²) in [5.41, 5.74) is 1.79. The first-order valence-corrected chi connectivity index (χ1v) is 5.21. The van der Waals surface area contributed by atoms with Gasteiger partial charge in [0.05, 0.1) is 0 Å². The first-order valence-electron chi connectivity index (χ1n) is 5.21. The maximum atomic E-state index is 13.6. The third kappa shape index (κ3) is 1.88. The quantitative estimate of drug-likeness (QED) is 0.816. The van der Waals surface area contributed by atoms with Gasteiger partial charge in [0.25, 0.3) is 5.92 Å². The van der Waals surface area contributed by atoms with E-state index in [1.54, 1.807) is 12.1 Å². The number of aryl methyl sites for hydroxylation is 1. The van der Waals surface area contributed by atoms with Crippen LogP contribution in [0.1, 0.15) is 29.9 Å². The van der Waals surface area contributed by atoms with E-state index >= 15 is 0 Å². The molecule has 3 heteroatoms. The molecule has 1 aromatic carbocycles. The molecule has 1 N–H and O–H groups in total. The van der Waals surface area contributed by atoms with Crippen molar-refractivity contribution < 1.29 is 13.9 Å². The molecule has 0 saturated heterocycles. The second-order valence-corrected chi connectivity index (χ2v) is 4.02. The minimum atomic E-state index is -2.78. The normalized spacial score (nSPS) is 20.3. The highest BCUT2D eigenvalue weighted by atomic mass is 19.3. The van der Waals surface area contributed by atoms with Crippen LogP contribution in [0.15, 0.2) is 24.3 Å². The predicted molar refractivity (Wildman–Crippen MR) is 54.2 cm³/mol. The lowest BCUT2D eigenvalue weighted by atomic mass is 9.92. The maximum Gasteiger partial charge on any atom is 0.257 e. The van der Waals surface area contributed by atoms with Crippen LogP contribution in [0.5, 0.6) is 0 Å². The van der Waals surface area contributed by atoms with Crippen LogP contribution in [0.25, 0.3) is 0 Å². The standard InChI is InChI=1S/C12H14F2O/c13-12(14,7-8-15)11-6-5-9-3-1-2-4-10(9)11/h1-4,11,15H,5-8H2. The first kappa shape index (κ1) is 10.6. The number of fused-ring (bicyclic) bond motifs is 1. The maximum absolute atomic E-state index is 13.6. The van der Waals surface area contributed by atoms with Gasteiger partial charge in [-0.15, -0.1) is 0 Å². The van der Waals surface area contributed by atoms with E-state index in [2.05, 4.69) is 0 Å². The molecule has 0 aliphatic heterocycles. The van der Waals surface area contributed by atoms with Crippen LogP contribution in [-0.2, 0) is 6.42 Å². The highest BCUT2D eigenvalue weighted by Crippen LogP contribution is 2.44. The molecule has 0 spiro atoms. The summed E-state index contributed by atoms with van der Waals surface area (Å²) in [6.07, 6.45) is 0.778. The molecule has 1 aliphatic rings. The van der Waals surface area contributed by atoms with Crippen molar-refractivity contribution in [2.75, 3.05) is 6.61 Å². The second-order valence-electron chi connectivity index (χ2n) is 4.02. The van der Waals surface area contributed by atoms with Crippen LogP contribution >= 0.6 is 0 Å². The van der Waals surface area contributed by atoms with Crippen molar-refractivity contribution in [2.24, 2.45) is 0 Å². The van der Waals surface area contributed by atoms with Crippen molar-refractivity contribution in [1.82, 2.24) is 0 Å². The van der Waals surface area contributed by atoms with Crippen molar-refractivity contribution in [3.05, 3.63) is 35.4 Å². The summed E-state index contributed by atoms with van der Waals surface area (Å²) in [5.74, 6) is -3.48. The molecule has 0 aromatic heterocycles. The van der Waals surface area contributed by atoms with Gasteiger partial charge in [-0.1, -0.05) is 24.3 Å². The van der Waals surface area contributed by atoms with Crippen molar-refractivity contribution in [3.8, 4) is 0 Å². The number of hydrogen-bond acceptors (Lipinski definition) is 1. The lowest BCUT2D eigenvalue weighted by molar-refractivity contribution is -0.0465. The molecule has 82 valence electrons. The van der Waals surface area contributed by atoms with E-state index in [4.69, 9.17) is 5.11 Å². The van der Waals surface area contributed by atoms with Crippen LogP contribution in [0.4, 0.5) is 8.78 Å². The van der Waals surface area contributed by atoms with Crippen LogP contribution in [0, 0.1) is 0 Å². The van der Waals surface area contributed by atoms with E-state index in [1.165, 1.54) is 0 Å². The van der Waals surface area contributed by atoms with Crippen molar-refractivity contribution >= 4 is 0 Å². The summed E-state index contributed by atoms with van der Waals surface area (Å²) >= 11 is 0. The van der Waals surface area contributed by atoms with Crippen molar-refractivity contribution in [3.63, 3.8) is 0 Å². The fourth-order valence-electron chi connectivity index (χ4n) is 2.32. The van der Waals surface area contributed by atoms with E-state index in [9.17, 15) is 8.78 Å². The minimum absolute atomic E-state index is 0.438. The zero-order chi connectivity index (χ0) is 10.9. The summed E-state index contributed by atoms with van der Waals surface area (Å²) in [5, 5.41) is 8.63. The molecule has 0 amide bonds. The van der Waals surface area contributed by atoms with Gasteiger partial charge in [-0.2, -0.15) is 0 Å². The lowest BCUT2D eigenvalue weighted by Gasteiger charge is -2.23. The summed E-state index contributed by atoms with van der Waals surface area (Å²) < 4.78 is 27.3. The fraction of sp³-hybridized carbons (Fsp3) is 0.500. The first-order chi connectivity index (χ1) is 7.15. The molecule has 0 bridgehead atoms. The summed E-state index contributed by atoms with van der Waals surface area (Å²) in [6.45, 7) is -0.453. The molecule has 15 heavy (non-hydrogen) atoms. The number of aliphatic hydroxyl groups is 1. The number of alkyl halides is 2. The Hall–Kier alpha value is -0.960. The molecule has 2 rings (SSSR count). The number of benzene rings is 1. The van der Waals surface area contributed by atoms with Gasteiger partial charge in [0.2, 0.25) is 0 Å². The number of halogens is 2. The number of aliphatic hydroxyl groups excluding tert-OH is 1. The van der Waals surface area contributed by atoms with Crippen LogP contribution in [0.2, 0.25) is 0 Å². The lowest BCUT2D eigenvalue weighted by Crippen LogP contribution is -2.26. The Bertz CT molecular complexity index is 349. The third-order valence-corrected chi connectivity index (χ3v) is 3.09. The van der Waals surface area contributed by atoms with Gasteiger partial charge >= 0.3 is 0 Å². The molecule has 0 radical (unpaired) electrons. The molecular weight excluding hydrogens is 198 g/mol. The molecule has 1 atom stereocenters. The topological polar surface area (TPSA) is 20.2 Å². The molecule has 1 unspecified atom stereocenters. The van der Waals surface area contributed by atoms with Gasteiger partial charge in [-0.25, -0.2) is 8.78 Å². The molecular formula is C12H14F2O. The summed E-state index contributed by atoms with van der Waals surface area (Å²) in [6, 6.07) is 7.36. The summed E-state index contributed by atoms with van der Waals surface area (Å²) in [7, 11) is 0. The number of hydrogen-bond donors (Lipinski definition) is 1. The molecule has 0 fully saturated rings.